The van der Waals surface area contributed by atoms with Crippen molar-refractivity contribution >= 4 is 11.6 Å². The second-order valence-electron chi connectivity index (χ2n) is 8.76. The molecule has 2 aliphatic rings. The highest BCUT2D eigenvalue weighted by atomic mass is 19.4. The van der Waals surface area contributed by atoms with E-state index < -0.39 is 17.6 Å². The molecule has 31 heavy (non-hydrogen) atoms. The predicted molar refractivity (Wildman–Crippen MR) is 115 cm³/mol. The number of nitrogens with one attached hydrogen (secondary N) is 2. The van der Waals surface area contributed by atoms with Crippen LogP contribution in [0.3, 0.4) is 0 Å². The van der Waals surface area contributed by atoms with Crippen molar-refractivity contribution in [3.05, 3.63) is 65.2 Å². The molecular formula is C24H28F3N3O. The average Bonchev–Trinajstić information content (AvgIpc) is 3.53. The van der Waals surface area contributed by atoms with E-state index in [0.29, 0.717) is 17.6 Å². The van der Waals surface area contributed by atoms with Gasteiger partial charge in [-0.2, -0.15) is 13.2 Å². The van der Waals surface area contributed by atoms with Crippen molar-refractivity contribution in [3.8, 4) is 0 Å². The predicted octanol–water partition coefficient (Wildman–Crippen LogP) is 4.75. The van der Waals surface area contributed by atoms with Crippen molar-refractivity contribution in [2.24, 2.45) is 5.92 Å². The Morgan fingerprint density at radius 3 is 2.48 bits per heavy atom. The fourth-order valence-corrected chi connectivity index (χ4v) is 4.23. The number of rotatable bonds is 6. The third-order valence-electron chi connectivity index (χ3n) is 6.35. The highest BCUT2D eigenvalue weighted by Gasteiger charge is 2.38. The second-order valence-corrected chi connectivity index (χ2v) is 8.76. The first kappa shape index (κ1) is 21.8. The van der Waals surface area contributed by atoms with Crippen LogP contribution in [-0.2, 0) is 6.18 Å². The molecular weight excluding hydrogens is 403 g/mol. The molecule has 1 saturated heterocycles. The third-order valence-corrected chi connectivity index (χ3v) is 6.35. The molecule has 2 aromatic rings. The molecule has 1 aliphatic heterocycles. The molecule has 1 saturated carbocycles. The highest BCUT2D eigenvalue weighted by Crippen LogP contribution is 2.41. The van der Waals surface area contributed by atoms with Gasteiger partial charge in [-0.05, 0) is 87.8 Å². The SMILES string of the molecule is CN1CCC(CNC2CC2c2ccc(NC(=O)c3cccc(C(F)(F)F)c3)cc2)CC1. The average molecular weight is 432 g/mol. The molecule has 2 fully saturated rings. The molecule has 1 heterocycles. The van der Waals surface area contributed by atoms with Crippen molar-refractivity contribution in [1.82, 2.24) is 10.2 Å². The van der Waals surface area contributed by atoms with E-state index in [2.05, 4.69) is 22.6 Å². The summed E-state index contributed by atoms with van der Waals surface area (Å²) in [5, 5.41) is 6.38. The lowest BCUT2D eigenvalue weighted by atomic mass is 9.97. The molecule has 7 heteroatoms. The van der Waals surface area contributed by atoms with Crippen LogP contribution >= 0.6 is 0 Å². The summed E-state index contributed by atoms with van der Waals surface area (Å²) in [6.07, 6.45) is -0.856. The number of nitrogens with zero attached hydrogens (tertiary/aromatic N) is 1. The van der Waals surface area contributed by atoms with Crippen molar-refractivity contribution in [2.75, 3.05) is 32.0 Å². The van der Waals surface area contributed by atoms with Crippen LogP contribution in [0.5, 0.6) is 0 Å². The number of alkyl halides is 3. The van der Waals surface area contributed by atoms with Crippen LogP contribution in [0.15, 0.2) is 48.5 Å². The zero-order valence-corrected chi connectivity index (χ0v) is 17.6. The number of hydrogen-bond donors (Lipinski definition) is 2. The van der Waals surface area contributed by atoms with Gasteiger partial charge < -0.3 is 15.5 Å². The zero-order chi connectivity index (χ0) is 22.0. The van der Waals surface area contributed by atoms with Gasteiger partial charge in [0.2, 0.25) is 0 Å². The zero-order valence-electron chi connectivity index (χ0n) is 17.6. The largest absolute Gasteiger partial charge is 0.416 e. The van der Waals surface area contributed by atoms with Gasteiger partial charge in [0.25, 0.3) is 5.91 Å². The van der Waals surface area contributed by atoms with E-state index in [1.807, 2.05) is 24.3 Å². The van der Waals surface area contributed by atoms with Gasteiger partial charge in [0.15, 0.2) is 0 Å². The molecule has 2 N–H and O–H groups in total. The standard InChI is InChI=1S/C24H28F3N3O/c1-30-11-9-16(10-12-30)15-28-22-14-21(22)17-5-7-20(8-6-17)29-23(31)18-3-2-4-19(13-18)24(25,26)27/h2-8,13,16,21-22,28H,9-12,14-15H2,1H3,(H,29,31). The summed E-state index contributed by atoms with van der Waals surface area (Å²) in [5.41, 5.74) is 0.947. The third kappa shape index (κ3) is 5.66. The summed E-state index contributed by atoms with van der Waals surface area (Å²) in [5.74, 6) is 0.688. The van der Waals surface area contributed by atoms with Gasteiger partial charge in [-0.25, -0.2) is 0 Å². The smallest absolute Gasteiger partial charge is 0.322 e. The van der Waals surface area contributed by atoms with Crippen LogP contribution in [0.1, 0.15) is 46.7 Å². The Balaban J connectivity index is 1.28. The van der Waals surface area contributed by atoms with E-state index in [9.17, 15) is 18.0 Å². The van der Waals surface area contributed by atoms with Crippen LogP contribution in [0.25, 0.3) is 0 Å². The first-order valence-electron chi connectivity index (χ1n) is 10.8. The van der Waals surface area contributed by atoms with Crippen molar-refractivity contribution in [3.63, 3.8) is 0 Å². The molecule has 4 nitrogen and oxygen atoms in total. The Hall–Kier alpha value is -2.38. The number of anilines is 1. The van der Waals surface area contributed by atoms with Crippen molar-refractivity contribution in [2.45, 2.75) is 37.4 Å². The Morgan fingerprint density at radius 2 is 1.81 bits per heavy atom. The van der Waals surface area contributed by atoms with Gasteiger partial charge in [0, 0.05) is 23.2 Å². The fourth-order valence-electron chi connectivity index (χ4n) is 4.23. The maximum Gasteiger partial charge on any atom is 0.416 e. The van der Waals surface area contributed by atoms with Gasteiger partial charge in [0.05, 0.1) is 5.56 Å². The van der Waals surface area contributed by atoms with Gasteiger partial charge in [-0.1, -0.05) is 18.2 Å². The minimum Gasteiger partial charge on any atom is -0.322 e. The molecule has 1 amide bonds. The van der Waals surface area contributed by atoms with Crippen LogP contribution in [0, 0.1) is 5.92 Å². The van der Waals surface area contributed by atoms with Crippen LogP contribution in [0.2, 0.25) is 0 Å². The monoisotopic (exact) mass is 431 g/mol. The molecule has 2 atom stereocenters. The molecule has 0 bridgehead atoms. The molecule has 0 spiro atoms. The van der Waals surface area contributed by atoms with Crippen LogP contribution in [0.4, 0.5) is 18.9 Å². The fraction of sp³-hybridized carbons (Fsp3) is 0.458. The van der Waals surface area contributed by atoms with Crippen LogP contribution < -0.4 is 10.6 Å². The lowest BCUT2D eigenvalue weighted by Gasteiger charge is -2.29. The molecule has 0 radical (unpaired) electrons. The normalized spacial score (nSPS) is 22.3. The minimum absolute atomic E-state index is 0.0146. The van der Waals surface area contributed by atoms with Gasteiger partial charge in [-0.3, -0.25) is 4.79 Å². The summed E-state index contributed by atoms with van der Waals surface area (Å²) >= 11 is 0. The maximum absolute atomic E-state index is 12.9. The number of piperidine rings is 1. The van der Waals surface area contributed by atoms with E-state index >= 15 is 0 Å². The van der Waals surface area contributed by atoms with Gasteiger partial charge in [0.1, 0.15) is 0 Å². The number of likely N-dealkylation sites (tertiary alicyclic amines) is 1. The molecule has 2 aromatic carbocycles. The molecule has 4 rings (SSSR count). The van der Waals surface area contributed by atoms with Crippen molar-refractivity contribution < 1.29 is 18.0 Å². The first-order valence-corrected chi connectivity index (χ1v) is 10.8. The van der Waals surface area contributed by atoms with E-state index in [0.717, 1.165) is 31.0 Å². The first-order chi connectivity index (χ1) is 14.8. The van der Waals surface area contributed by atoms with E-state index in [-0.39, 0.29) is 5.56 Å². The van der Waals surface area contributed by atoms with E-state index in [1.54, 1.807) is 0 Å². The lowest BCUT2D eigenvalue weighted by molar-refractivity contribution is -0.137. The quantitative estimate of drug-likeness (QED) is 0.694. The topological polar surface area (TPSA) is 44.4 Å². The number of halogens is 3. The van der Waals surface area contributed by atoms with Gasteiger partial charge in [-0.15, -0.1) is 0 Å². The van der Waals surface area contributed by atoms with E-state index in [1.165, 1.54) is 43.6 Å². The Kier molecular flexibility index (Phi) is 6.34. The number of carbonyl (C=O) groups excluding carboxylic acids is 1. The summed E-state index contributed by atoms with van der Waals surface area (Å²) in [4.78, 5) is 14.7. The molecule has 166 valence electrons. The lowest BCUT2D eigenvalue weighted by Crippen LogP contribution is -2.35. The van der Waals surface area contributed by atoms with Crippen LogP contribution in [-0.4, -0.2) is 43.5 Å². The minimum atomic E-state index is -4.47. The Labute approximate surface area is 180 Å². The maximum atomic E-state index is 12.9. The molecule has 0 aromatic heterocycles. The number of benzene rings is 2. The summed E-state index contributed by atoms with van der Waals surface area (Å²) in [6.45, 7) is 3.42. The molecule has 2 unspecified atom stereocenters. The number of carbonyl (C=O) groups is 1. The summed E-state index contributed by atoms with van der Waals surface area (Å²) in [6, 6.07) is 12.6. The van der Waals surface area contributed by atoms with Gasteiger partial charge >= 0.3 is 6.18 Å². The molecule has 1 aliphatic carbocycles. The summed E-state index contributed by atoms with van der Waals surface area (Å²) in [7, 11) is 2.17. The van der Waals surface area contributed by atoms with E-state index in [4.69, 9.17) is 0 Å². The second kappa shape index (κ2) is 9.01. The van der Waals surface area contributed by atoms with Crippen molar-refractivity contribution in [1.29, 1.82) is 0 Å². The highest BCUT2D eigenvalue weighted by molar-refractivity contribution is 6.04. The Bertz CT molecular complexity index is 905. The summed E-state index contributed by atoms with van der Waals surface area (Å²) < 4.78 is 38.6. The number of hydrogen-bond acceptors (Lipinski definition) is 3. The number of amides is 1. The Morgan fingerprint density at radius 1 is 1.10 bits per heavy atom.